The van der Waals surface area contributed by atoms with Gasteiger partial charge in [-0.05, 0) is 47.7 Å². The third-order valence-electron chi connectivity index (χ3n) is 2.28. The summed E-state index contributed by atoms with van der Waals surface area (Å²) < 4.78 is 0.911. The molecule has 0 aliphatic rings. The monoisotopic (exact) mass is 362 g/mol. The maximum absolute atomic E-state index is 12.0. The molecule has 17 heavy (non-hydrogen) atoms. The maximum atomic E-state index is 12.0. The summed E-state index contributed by atoms with van der Waals surface area (Å²) in [5, 5.41) is 9.27. The zero-order valence-electron chi connectivity index (χ0n) is 9.58. The predicted octanol–water partition coefficient (Wildman–Crippen LogP) is 3.18. The van der Waals surface area contributed by atoms with E-state index in [4.69, 9.17) is 16.9 Å². The van der Waals surface area contributed by atoms with Gasteiger partial charge in [-0.2, -0.15) is 5.26 Å². The van der Waals surface area contributed by atoms with Crippen LogP contribution in [0.4, 0.5) is 0 Å². The Labute approximate surface area is 120 Å². The van der Waals surface area contributed by atoms with E-state index in [-0.39, 0.29) is 11.8 Å². The minimum Gasteiger partial charge on any atom is -0.340 e. The van der Waals surface area contributed by atoms with Gasteiger partial charge >= 0.3 is 0 Å². The van der Waals surface area contributed by atoms with Crippen molar-refractivity contribution in [1.82, 2.24) is 4.90 Å². The highest BCUT2D eigenvalue weighted by atomic mass is 127. The Balaban J connectivity index is 2.82. The highest BCUT2D eigenvalue weighted by molar-refractivity contribution is 14.1. The molecule has 3 nitrogen and oxygen atoms in total. The first-order valence-corrected chi connectivity index (χ1v) is 6.51. The van der Waals surface area contributed by atoms with E-state index >= 15 is 0 Å². The summed E-state index contributed by atoms with van der Waals surface area (Å²) in [5.74, 6) is -0.298. The van der Waals surface area contributed by atoms with Crippen molar-refractivity contribution in [2.45, 2.75) is 6.92 Å². The van der Waals surface area contributed by atoms with Crippen molar-refractivity contribution in [3.05, 3.63) is 32.4 Å². The van der Waals surface area contributed by atoms with Gasteiger partial charge in [-0.25, -0.2) is 0 Å². The van der Waals surface area contributed by atoms with E-state index in [0.717, 1.165) is 3.57 Å². The van der Waals surface area contributed by atoms with E-state index in [1.54, 1.807) is 32.2 Å². The van der Waals surface area contributed by atoms with Crippen LogP contribution in [0.1, 0.15) is 17.3 Å². The van der Waals surface area contributed by atoms with Gasteiger partial charge in [0.1, 0.15) is 0 Å². The van der Waals surface area contributed by atoms with E-state index in [1.807, 2.05) is 0 Å². The summed E-state index contributed by atoms with van der Waals surface area (Å²) in [5.41, 5.74) is 0.544. The number of amides is 1. The topological polar surface area (TPSA) is 44.1 Å². The van der Waals surface area contributed by atoms with Crippen LogP contribution in [-0.2, 0) is 0 Å². The van der Waals surface area contributed by atoms with Crippen LogP contribution < -0.4 is 0 Å². The molecular weight excluding hydrogens is 351 g/mol. The molecule has 0 saturated heterocycles. The zero-order valence-corrected chi connectivity index (χ0v) is 12.5. The van der Waals surface area contributed by atoms with Gasteiger partial charge in [-0.15, -0.1) is 0 Å². The first kappa shape index (κ1) is 14.3. The molecule has 1 atom stereocenters. The summed E-state index contributed by atoms with van der Waals surface area (Å²) in [4.78, 5) is 13.5. The molecule has 0 N–H and O–H groups in total. The highest BCUT2D eigenvalue weighted by Crippen LogP contribution is 2.20. The number of halogens is 2. The van der Waals surface area contributed by atoms with E-state index in [0.29, 0.717) is 17.1 Å². The molecule has 1 aromatic rings. The van der Waals surface area contributed by atoms with Gasteiger partial charge in [0.15, 0.2) is 0 Å². The maximum Gasteiger partial charge on any atom is 0.253 e. The number of nitrogens with zero attached hydrogens (tertiary/aromatic N) is 2. The van der Waals surface area contributed by atoms with Gasteiger partial charge < -0.3 is 4.90 Å². The second kappa shape index (κ2) is 6.22. The molecule has 0 heterocycles. The summed E-state index contributed by atoms with van der Waals surface area (Å²) in [7, 11) is 1.68. The van der Waals surface area contributed by atoms with E-state index in [2.05, 4.69) is 28.7 Å². The van der Waals surface area contributed by atoms with Crippen molar-refractivity contribution in [1.29, 1.82) is 5.26 Å². The van der Waals surface area contributed by atoms with E-state index in [9.17, 15) is 4.79 Å². The summed E-state index contributed by atoms with van der Waals surface area (Å²) in [6, 6.07) is 7.30. The Hall–Kier alpha value is -0.800. The minimum atomic E-state index is -0.178. The third-order valence-corrected chi connectivity index (χ3v) is 3.85. The molecular formula is C12H12ClIN2O. The van der Waals surface area contributed by atoms with E-state index in [1.165, 1.54) is 4.90 Å². The fraction of sp³-hybridized carbons (Fsp3) is 0.333. The molecule has 0 spiro atoms. The van der Waals surface area contributed by atoms with Gasteiger partial charge in [-0.3, -0.25) is 4.79 Å². The number of rotatable bonds is 3. The van der Waals surface area contributed by atoms with Gasteiger partial charge in [0.2, 0.25) is 0 Å². The normalized spacial score (nSPS) is 11.7. The molecule has 1 amide bonds. The number of carbonyl (C=O) groups is 1. The summed E-state index contributed by atoms with van der Waals surface area (Å²) in [6.45, 7) is 2.20. The van der Waals surface area contributed by atoms with Crippen LogP contribution in [0.25, 0.3) is 0 Å². The van der Waals surface area contributed by atoms with E-state index < -0.39 is 0 Å². The Morgan fingerprint density at radius 3 is 2.82 bits per heavy atom. The number of carbonyl (C=O) groups excluding carboxylic acids is 1. The SMILES string of the molecule is CC(C#N)CN(C)C(=O)c1ccc(I)c(Cl)c1. The molecule has 1 rings (SSSR count). The van der Waals surface area contributed by atoms with Crippen LogP contribution in [0.5, 0.6) is 0 Å². The third kappa shape index (κ3) is 3.86. The van der Waals surface area contributed by atoms with Crippen LogP contribution in [-0.4, -0.2) is 24.4 Å². The molecule has 0 bridgehead atoms. The molecule has 90 valence electrons. The Kier molecular flexibility index (Phi) is 5.22. The summed E-state index contributed by atoms with van der Waals surface area (Å²) >= 11 is 8.07. The Morgan fingerprint density at radius 2 is 2.29 bits per heavy atom. The fourth-order valence-electron chi connectivity index (χ4n) is 1.38. The van der Waals surface area contributed by atoms with Crippen molar-refractivity contribution in [2.75, 3.05) is 13.6 Å². The van der Waals surface area contributed by atoms with Crippen molar-refractivity contribution in [3.8, 4) is 6.07 Å². The highest BCUT2D eigenvalue weighted by Gasteiger charge is 2.15. The van der Waals surface area contributed by atoms with Gasteiger partial charge in [0, 0.05) is 22.7 Å². The van der Waals surface area contributed by atoms with Crippen LogP contribution >= 0.6 is 34.2 Å². The average Bonchev–Trinajstić information content (AvgIpc) is 2.31. The fourth-order valence-corrected chi connectivity index (χ4v) is 1.90. The zero-order chi connectivity index (χ0) is 13.0. The largest absolute Gasteiger partial charge is 0.340 e. The van der Waals surface area contributed by atoms with Gasteiger partial charge in [0.05, 0.1) is 17.0 Å². The summed E-state index contributed by atoms with van der Waals surface area (Å²) in [6.07, 6.45) is 0. The molecule has 0 aliphatic carbocycles. The van der Waals surface area contributed by atoms with Crippen molar-refractivity contribution < 1.29 is 4.79 Å². The molecule has 5 heteroatoms. The Bertz CT molecular complexity index is 470. The molecule has 0 radical (unpaired) electrons. The van der Waals surface area contributed by atoms with Crippen LogP contribution in [0.2, 0.25) is 5.02 Å². The molecule has 0 fully saturated rings. The van der Waals surface area contributed by atoms with Gasteiger partial charge in [-0.1, -0.05) is 11.6 Å². The number of hydrogen-bond donors (Lipinski definition) is 0. The smallest absolute Gasteiger partial charge is 0.253 e. The van der Waals surface area contributed by atoms with Crippen molar-refractivity contribution >= 4 is 40.1 Å². The van der Waals surface area contributed by atoms with Crippen LogP contribution in [0.3, 0.4) is 0 Å². The number of benzene rings is 1. The lowest BCUT2D eigenvalue weighted by Gasteiger charge is -2.18. The molecule has 1 aromatic carbocycles. The quantitative estimate of drug-likeness (QED) is 0.775. The molecule has 1 unspecified atom stereocenters. The lowest BCUT2D eigenvalue weighted by atomic mass is 10.1. The first-order chi connectivity index (χ1) is 7.95. The second-order valence-corrected chi connectivity index (χ2v) is 5.41. The minimum absolute atomic E-state index is 0.120. The molecule has 0 aliphatic heterocycles. The average molecular weight is 363 g/mol. The van der Waals surface area contributed by atoms with Crippen LogP contribution in [0, 0.1) is 20.8 Å². The lowest BCUT2D eigenvalue weighted by molar-refractivity contribution is 0.0785. The Morgan fingerprint density at radius 1 is 1.65 bits per heavy atom. The molecule has 0 aromatic heterocycles. The first-order valence-electron chi connectivity index (χ1n) is 5.06. The number of hydrogen-bond acceptors (Lipinski definition) is 2. The lowest BCUT2D eigenvalue weighted by Crippen LogP contribution is -2.30. The number of nitriles is 1. The van der Waals surface area contributed by atoms with Crippen molar-refractivity contribution in [2.24, 2.45) is 5.92 Å². The standard InChI is InChI=1S/C12H12ClIN2O/c1-8(6-15)7-16(2)12(17)9-3-4-11(14)10(13)5-9/h3-5,8H,7H2,1-2H3. The predicted molar refractivity (Wildman–Crippen MR) is 75.9 cm³/mol. The van der Waals surface area contributed by atoms with Crippen LogP contribution in [0.15, 0.2) is 18.2 Å². The molecule has 0 saturated carbocycles. The van der Waals surface area contributed by atoms with Crippen molar-refractivity contribution in [3.63, 3.8) is 0 Å². The van der Waals surface area contributed by atoms with Gasteiger partial charge in [0.25, 0.3) is 5.91 Å². The second-order valence-electron chi connectivity index (χ2n) is 3.84.